The van der Waals surface area contributed by atoms with Crippen molar-refractivity contribution in [2.75, 3.05) is 32.5 Å². The Kier molecular flexibility index (Phi) is 4.84. The summed E-state index contributed by atoms with van der Waals surface area (Å²) in [6.07, 6.45) is 1.99. The lowest BCUT2D eigenvalue weighted by Gasteiger charge is -2.31. The number of carbonyl (C=O) groups excluding carboxylic acids is 1. The van der Waals surface area contributed by atoms with Gasteiger partial charge in [-0.05, 0) is 31.9 Å². The summed E-state index contributed by atoms with van der Waals surface area (Å²) in [5.74, 6) is 0.476. The van der Waals surface area contributed by atoms with Gasteiger partial charge in [0.05, 0.1) is 24.0 Å². The Labute approximate surface area is 119 Å². The van der Waals surface area contributed by atoms with Crippen molar-refractivity contribution >= 4 is 11.6 Å². The highest BCUT2D eigenvalue weighted by Gasteiger charge is 2.25. The third-order valence-corrected chi connectivity index (χ3v) is 3.63. The summed E-state index contributed by atoms with van der Waals surface area (Å²) < 4.78 is 10.8. The number of piperidine rings is 1. The molecule has 2 N–H and O–H groups in total. The number of rotatable bonds is 4. The van der Waals surface area contributed by atoms with E-state index in [9.17, 15) is 4.79 Å². The molecule has 0 aromatic heterocycles. The first-order chi connectivity index (χ1) is 9.67. The Morgan fingerprint density at radius 3 is 2.70 bits per heavy atom. The number of benzene rings is 1. The van der Waals surface area contributed by atoms with Crippen LogP contribution in [0.3, 0.4) is 0 Å². The van der Waals surface area contributed by atoms with E-state index in [1.165, 1.54) is 0 Å². The van der Waals surface area contributed by atoms with E-state index in [1.54, 1.807) is 25.3 Å². The average molecular weight is 278 g/mol. The van der Waals surface area contributed by atoms with Crippen molar-refractivity contribution < 1.29 is 14.3 Å². The molecule has 1 heterocycles. The minimum atomic E-state index is -0.0182. The van der Waals surface area contributed by atoms with Crippen LogP contribution >= 0.6 is 0 Å². The van der Waals surface area contributed by atoms with E-state index in [0.29, 0.717) is 36.7 Å². The summed E-state index contributed by atoms with van der Waals surface area (Å²) in [5.41, 5.74) is 6.95. The van der Waals surface area contributed by atoms with Gasteiger partial charge in [-0.25, -0.2) is 0 Å². The van der Waals surface area contributed by atoms with Gasteiger partial charge in [0.25, 0.3) is 5.91 Å². The minimum absolute atomic E-state index is 0.0182. The van der Waals surface area contributed by atoms with E-state index in [0.717, 1.165) is 12.8 Å². The van der Waals surface area contributed by atoms with Crippen molar-refractivity contribution in [1.82, 2.24) is 4.90 Å². The van der Waals surface area contributed by atoms with E-state index in [-0.39, 0.29) is 12.0 Å². The number of anilines is 1. The first-order valence-electron chi connectivity index (χ1n) is 7.00. The highest BCUT2D eigenvalue weighted by molar-refractivity contribution is 5.98. The molecule has 1 aliphatic heterocycles. The second-order valence-corrected chi connectivity index (χ2v) is 4.88. The molecule has 1 aromatic carbocycles. The van der Waals surface area contributed by atoms with Crippen LogP contribution in [0.5, 0.6) is 5.75 Å². The topological polar surface area (TPSA) is 64.8 Å². The molecule has 0 spiro atoms. The van der Waals surface area contributed by atoms with Gasteiger partial charge in [0, 0.05) is 20.2 Å². The van der Waals surface area contributed by atoms with Crippen molar-refractivity contribution in [1.29, 1.82) is 0 Å². The number of ether oxygens (including phenoxy) is 2. The summed E-state index contributed by atoms with van der Waals surface area (Å²) >= 11 is 0. The number of nitrogen functional groups attached to an aromatic ring is 1. The van der Waals surface area contributed by atoms with E-state index < -0.39 is 0 Å². The van der Waals surface area contributed by atoms with E-state index in [4.69, 9.17) is 15.2 Å². The number of hydrogen-bond donors (Lipinski definition) is 1. The molecule has 0 saturated carbocycles. The molecule has 5 nitrogen and oxygen atoms in total. The van der Waals surface area contributed by atoms with E-state index >= 15 is 0 Å². The maximum absolute atomic E-state index is 12.6. The Balaban J connectivity index is 2.15. The third-order valence-electron chi connectivity index (χ3n) is 3.63. The number of amides is 1. The second-order valence-electron chi connectivity index (χ2n) is 4.88. The van der Waals surface area contributed by atoms with Crippen LogP contribution < -0.4 is 10.5 Å². The average Bonchev–Trinajstić information content (AvgIpc) is 2.49. The lowest BCUT2D eigenvalue weighted by atomic mass is 10.1. The quantitative estimate of drug-likeness (QED) is 0.855. The first-order valence-corrected chi connectivity index (χ1v) is 7.00. The van der Waals surface area contributed by atoms with Crippen molar-refractivity contribution in [2.45, 2.75) is 25.9 Å². The molecule has 0 aliphatic carbocycles. The van der Waals surface area contributed by atoms with Crippen LogP contribution in [-0.4, -0.2) is 43.7 Å². The minimum Gasteiger partial charge on any atom is -0.491 e. The molecular formula is C15H22N2O3. The van der Waals surface area contributed by atoms with Crippen LogP contribution in [0.25, 0.3) is 0 Å². The molecule has 1 fully saturated rings. The summed E-state index contributed by atoms with van der Waals surface area (Å²) in [4.78, 5) is 14.4. The summed E-state index contributed by atoms with van der Waals surface area (Å²) in [5, 5.41) is 0. The number of hydrogen-bond acceptors (Lipinski definition) is 4. The predicted molar refractivity (Wildman–Crippen MR) is 78.0 cm³/mol. The van der Waals surface area contributed by atoms with Crippen LogP contribution in [-0.2, 0) is 4.74 Å². The van der Waals surface area contributed by atoms with Gasteiger partial charge < -0.3 is 20.1 Å². The van der Waals surface area contributed by atoms with Gasteiger partial charge in [0.15, 0.2) is 5.75 Å². The van der Waals surface area contributed by atoms with Crippen molar-refractivity contribution in [3.05, 3.63) is 23.8 Å². The maximum Gasteiger partial charge on any atom is 0.257 e. The highest BCUT2D eigenvalue weighted by Crippen LogP contribution is 2.28. The SMILES string of the molecule is CCOc1c(N)cccc1C(=O)N1CCC(OC)CC1. The summed E-state index contributed by atoms with van der Waals surface area (Å²) in [7, 11) is 1.72. The molecule has 0 unspecified atom stereocenters. The molecule has 110 valence electrons. The summed E-state index contributed by atoms with van der Waals surface area (Å²) in [6, 6.07) is 5.30. The lowest BCUT2D eigenvalue weighted by Crippen LogP contribution is -2.40. The van der Waals surface area contributed by atoms with Crippen LogP contribution in [0.1, 0.15) is 30.1 Å². The fraction of sp³-hybridized carbons (Fsp3) is 0.533. The van der Waals surface area contributed by atoms with Crippen molar-refractivity contribution in [3.8, 4) is 5.75 Å². The summed E-state index contributed by atoms with van der Waals surface area (Å²) in [6.45, 7) is 3.78. The van der Waals surface area contributed by atoms with Gasteiger partial charge in [-0.2, -0.15) is 0 Å². The number of likely N-dealkylation sites (tertiary alicyclic amines) is 1. The largest absolute Gasteiger partial charge is 0.491 e. The molecule has 1 aliphatic rings. The number of nitrogens with zero attached hydrogens (tertiary/aromatic N) is 1. The Morgan fingerprint density at radius 1 is 1.40 bits per heavy atom. The zero-order valence-corrected chi connectivity index (χ0v) is 12.1. The first kappa shape index (κ1) is 14.7. The van der Waals surface area contributed by atoms with Crippen LogP contribution in [0.4, 0.5) is 5.69 Å². The van der Waals surface area contributed by atoms with Crippen LogP contribution in [0, 0.1) is 0 Å². The standard InChI is InChI=1S/C15H22N2O3/c1-3-20-14-12(5-4-6-13(14)16)15(18)17-9-7-11(19-2)8-10-17/h4-6,11H,3,7-10,16H2,1-2H3. The monoisotopic (exact) mass is 278 g/mol. The molecule has 20 heavy (non-hydrogen) atoms. The van der Waals surface area contributed by atoms with Gasteiger partial charge in [-0.3, -0.25) is 4.79 Å². The molecule has 5 heteroatoms. The predicted octanol–water partition coefficient (Wildman–Crippen LogP) is 1.92. The molecule has 2 rings (SSSR count). The van der Waals surface area contributed by atoms with Gasteiger partial charge in [0.1, 0.15) is 0 Å². The smallest absolute Gasteiger partial charge is 0.257 e. The van der Waals surface area contributed by atoms with Crippen LogP contribution in [0.15, 0.2) is 18.2 Å². The van der Waals surface area contributed by atoms with Crippen LogP contribution in [0.2, 0.25) is 0 Å². The Morgan fingerprint density at radius 2 is 2.10 bits per heavy atom. The zero-order chi connectivity index (χ0) is 14.5. The number of methoxy groups -OCH3 is 1. The lowest BCUT2D eigenvalue weighted by molar-refractivity contribution is 0.0349. The van der Waals surface area contributed by atoms with E-state index in [1.807, 2.05) is 11.8 Å². The van der Waals surface area contributed by atoms with Gasteiger partial charge in [-0.1, -0.05) is 6.07 Å². The van der Waals surface area contributed by atoms with Gasteiger partial charge in [0.2, 0.25) is 0 Å². The maximum atomic E-state index is 12.6. The molecule has 0 bridgehead atoms. The molecule has 1 amide bonds. The fourth-order valence-corrected chi connectivity index (χ4v) is 2.49. The molecular weight excluding hydrogens is 256 g/mol. The molecule has 1 saturated heterocycles. The van der Waals surface area contributed by atoms with E-state index in [2.05, 4.69) is 0 Å². The second kappa shape index (κ2) is 6.61. The normalized spacial score (nSPS) is 16.2. The van der Waals surface area contributed by atoms with Gasteiger partial charge in [-0.15, -0.1) is 0 Å². The molecule has 1 aromatic rings. The Hall–Kier alpha value is -1.75. The van der Waals surface area contributed by atoms with Crippen molar-refractivity contribution in [2.24, 2.45) is 0 Å². The third kappa shape index (κ3) is 3.04. The van der Waals surface area contributed by atoms with Gasteiger partial charge >= 0.3 is 0 Å². The zero-order valence-electron chi connectivity index (χ0n) is 12.1. The fourth-order valence-electron chi connectivity index (χ4n) is 2.49. The van der Waals surface area contributed by atoms with Crippen molar-refractivity contribution in [3.63, 3.8) is 0 Å². The number of para-hydroxylation sites is 1. The Bertz CT molecular complexity index is 468. The number of nitrogens with two attached hydrogens (primary N) is 1. The number of carbonyl (C=O) groups is 1. The molecule has 0 atom stereocenters. The highest BCUT2D eigenvalue weighted by atomic mass is 16.5. The molecule has 0 radical (unpaired) electrons.